The molecule has 1 saturated heterocycles. The Morgan fingerprint density at radius 1 is 1.12 bits per heavy atom. The van der Waals surface area contributed by atoms with E-state index in [0.29, 0.717) is 19.6 Å². The van der Waals surface area contributed by atoms with E-state index in [1.807, 2.05) is 24.3 Å². The van der Waals surface area contributed by atoms with Crippen LogP contribution in [0.2, 0.25) is 5.02 Å². The highest BCUT2D eigenvalue weighted by Crippen LogP contribution is 2.42. The van der Waals surface area contributed by atoms with Gasteiger partial charge in [-0.15, -0.1) is 11.8 Å². The molecule has 3 aliphatic heterocycles. The first-order valence-corrected chi connectivity index (χ1v) is 14.7. The van der Waals surface area contributed by atoms with Gasteiger partial charge in [0.2, 0.25) is 18.0 Å². The molecule has 0 unspecified atom stereocenters. The normalized spacial score (nSPS) is 18.9. The number of nitrogens with zero attached hydrogens (tertiary/aromatic N) is 2. The van der Waals surface area contributed by atoms with Crippen molar-refractivity contribution in [1.82, 2.24) is 9.58 Å². The number of amides is 1. The van der Waals surface area contributed by atoms with Crippen molar-refractivity contribution in [2.24, 2.45) is 0 Å². The Morgan fingerprint density at radius 3 is 2.83 bits per heavy atom. The van der Waals surface area contributed by atoms with E-state index >= 15 is 0 Å². The van der Waals surface area contributed by atoms with Crippen LogP contribution in [0, 0.1) is 0 Å². The molecule has 6 rings (SSSR count). The van der Waals surface area contributed by atoms with Crippen LogP contribution in [0.15, 0.2) is 58.4 Å². The number of rotatable bonds is 7. The van der Waals surface area contributed by atoms with Crippen LogP contribution in [0.3, 0.4) is 0 Å². The van der Waals surface area contributed by atoms with Gasteiger partial charge in [0.05, 0.1) is 13.2 Å². The summed E-state index contributed by atoms with van der Waals surface area (Å²) in [6, 6.07) is 13.4. The van der Waals surface area contributed by atoms with Gasteiger partial charge >= 0.3 is 6.16 Å². The van der Waals surface area contributed by atoms with Gasteiger partial charge in [0.15, 0.2) is 5.69 Å². The molecule has 0 radical (unpaired) electrons. The number of fused-ring (bicyclic) bond motifs is 4. The Hall–Kier alpha value is -3.71. The first-order chi connectivity index (χ1) is 20.5. The summed E-state index contributed by atoms with van der Waals surface area (Å²) in [5.74, 6) is 0.122. The lowest BCUT2D eigenvalue weighted by Gasteiger charge is -2.46. The number of ether oxygens (including phenoxy) is 5. The highest BCUT2D eigenvalue weighted by atomic mass is 35.5. The average Bonchev–Trinajstić information content (AvgIpc) is 3.19. The van der Waals surface area contributed by atoms with Crippen molar-refractivity contribution in [3.8, 4) is 5.75 Å². The Morgan fingerprint density at radius 2 is 1.98 bits per heavy atom. The number of hydrogen-bond donors (Lipinski definition) is 1. The molecular weight excluding hydrogens is 586 g/mol. The number of carbonyl (C=O) groups is 2. The Labute approximate surface area is 250 Å². The first-order valence-electron chi connectivity index (χ1n) is 13.3. The maximum absolute atomic E-state index is 13.8. The number of hydrogen-bond acceptors (Lipinski definition) is 10. The molecular formula is C29H28ClN3O8S. The molecule has 1 aromatic heterocycles. The molecule has 2 aromatic carbocycles. The second-order valence-electron chi connectivity index (χ2n) is 9.76. The Kier molecular flexibility index (Phi) is 8.29. The zero-order chi connectivity index (χ0) is 29.2. The summed E-state index contributed by atoms with van der Waals surface area (Å²) in [5, 5.41) is 0.756. The summed E-state index contributed by atoms with van der Waals surface area (Å²) < 4.78 is 27.8. The van der Waals surface area contributed by atoms with Gasteiger partial charge in [0, 0.05) is 41.6 Å². The second kappa shape index (κ2) is 12.3. The molecule has 1 amide bonds. The van der Waals surface area contributed by atoms with Crippen molar-refractivity contribution in [1.29, 1.82) is 0 Å². The van der Waals surface area contributed by atoms with E-state index in [1.165, 1.54) is 24.0 Å². The summed E-state index contributed by atoms with van der Waals surface area (Å²) in [6.45, 7) is 0.208. The maximum atomic E-state index is 13.8. The molecule has 0 spiro atoms. The van der Waals surface area contributed by atoms with E-state index in [2.05, 4.69) is 17.6 Å². The molecule has 1 fully saturated rings. The minimum absolute atomic E-state index is 0.00163. The molecule has 2 atom stereocenters. The van der Waals surface area contributed by atoms with Gasteiger partial charge in [-0.25, -0.2) is 4.79 Å². The zero-order valence-electron chi connectivity index (χ0n) is 22.7. The molecule has 4 heterocycles. The van der Waals surface area contributed by atoms with E-state index in [-0.39, 0.29) is 24.7 Å². The van der Waals surface area contributed by atoms with Crippen LogP contribution >= 0.6 is 23.4 Å². The van der Waals surface area contributed by atoms with Gasteiger partial charge in [-0.2, -0.15) is 0 Å². The highest BCUT2D eigenvalue weighted by Gasteiger charge is 2.43. The highest BCUT2D eigenvalue weighted by molar-refractivity contribution is 7.98. The van der Waals surface area contributed by atoms with Crippen molar-refractivity contribution < 1.29 is 33.3 Å². The monoisotopic (exact) mass is 613 g/mol. The van der Waals surface area contributed by atoms with Gasteiger partial charge in [-0.1, -0.05) is 35.9 Å². The van der Waals surface area contributed by atoms with Crippen molar-refractivity contribution in [3.05, 3.63) is 91.9 Å². The second-order valence-corrected chi connectivity index (χ2v) is 11.2. The fraction of sp³-hybridized carbons (Fsp3) is 0.345. The van der Waals surface area contributed by atoms with E-state index in [0.717, 1.165) is 37.9 Å². The van der Waals surface area contributed by atoms with Gasteiger partial charge < -0.3 is 34.0 Å². The fourth-order valence-electron chi connectivity index (χ4n) is 5.37. The molecule has 13 heteroatoms. The lowest BCUT2D eigenvalue weighted by Crippen LogP contribution is -2.60. The standard InChI is InChI=1S/C29H28ClN3O8S/c1-37-12-13-39-29(36)41-16-40-26-22(34)8-9-33-24(26)28(35)32-10-11-38-25(27(32)31-33)18-5-3-7-23-19(18)14-17-4-2-6-21(30)20(17)15-42-23/h2-9,25,27,31H,10-16H2,1H3/t25-,27-/m0/s1. The minimum atomic E-state index is -0.984. The maximum Gasteiger partial charge on any atom is 0.511 e. The molecule has 0 bridgehead atoms. The molecule has 220 valence electrons. The van der Waals surface area contributed by atoms with Crippen LogP contribution in [0.4, 0.5) is 4.79 Å². The molecule has 3 aliphatic rings. The van der Waals surface area contributed by atoms with Gasteiger partial charge in [0.1, 0.15) is 18.9 Å². The SMILES string of the molecule is COCCOC(=O)OCOc1c2n(ccc1=O)N[C@@H]1[C@H](c3cccc4c3Cc3cccc(Cl)c3CS4)OCCN1C2=O. The van der Waals surface area contributed by atoms with Crippen molar-refractivity contribution in [3.63, 3.8) is 0 Å². The number of halogens is 1. The number of carbonyl (C=O) groups excluding carboxylic acids is 2. The Balaban J connectivity index is 1.27. The van der Waals surface area contributed by atoms with Crippen molar-refractivity contribution in [2.45, 2.75) is 29.3 Å². The number of thioether (sulfide) groups is 1. The lowest BCUT2D eigenvalue weighted by molar-refractivity contribution is -0.0607. The van der Waals surface area contributed by atoms with Crippen LogP contribution in [0.25, 0.3) is 0 Å². The topological polar surface area (TPSA) is 118 Å². The predicted octanol–water partition coefficient (Wildman–Crippen LogP) is 3.93. The van der Waals surface area contributed by atoms with Crippen LogP contribution in [-0.2, 0) is 31.1 Å². The molecule has 0 aliphatic carbocycles. The fourth-order valence-corrected chi connectivity index (χ4v) is 6.89. The van der Waals surface area contributed by atoms with Crippen LogP contribution in [-0.4, -0.2) is 68.1 Å². The molecule has 1 N–H and O–H groups in total. The predicted molar refractivity (Wildman–Crippen MR) is 154 cm³/mol. The van der Waals surface area contributed by atoms with Crippen molar-refractivity contribution >= 4 is 35.4 Å². The lowest BCUT2D eigenvalue weighted by atomic mass is 9.92. The number of aromatic nitrogens is 1. The number of morpholine rings is 1. The summed E-state index contributed by atoms with van der Waals surface area (Å²) in [4.78, 5) is 41.1. The third kappa shape index (κ3) is 5.42. The summed E-state index contributed by atoms with van der Waals surface area (Å²) in [7, 11) is 1.47. The third-order valence-corrected chi connectivity index (χ3v) is 8.84. The van der Waals surface area contributed by atoms with Gasteiger partial charge in [-0.3, -0.25) is 14.3 Å². The minimum Gasteiger partial charge on any atom is -0.451 e. The number of pyridine rings is 1. The van der Waals surface area contributed by atoms with E-state index in [1.54, 1.807) is 16.7 Å². The number of nitrogens with one attached hydrogen (secondary N) is 1. The van der Waals surface area contributed by atoms with E-state index in [4.69, 9.17) is 35.3 Å². The summed E-state index contributed by atoms with van der Waals surface area (Å²) in [5.41, 5.74) is 7.20. The average molecular weight is 614 g/mol. The molecule has 11 nitrogen and oxygen atoms in total. The quantitative estimate of drug-likeness (QED) is 0.239. The molecule has 42 heavy (non-hydrogen) atoms. The van der Waals surface area contributed by atoms with Gasteiger partial charge in [-0.05, 0) is 40.8 Å². The van der Waals surface area contributed by atoms with Gasteiger partial charge in [0.25, 0.3) is 5.91 Å². The Bertz CT molecular complexity index is 1580. The van der Waals surface area contributed by atoms with E-state index < -0.39 is 36.6 Å². The number of methoxy groups -OCH3 is 1. The zero-order valence-corrected chi connectivity index (χ0v) is 24.2. The third-order valence-electron chi connectivity index (χ3n) is 7.36. The van der Waals surface area contributed by atoms with Crippen LogP contribution in [0.1, 0.15) is 38.8 Å². The van der Waals surface area contributed by atoms with Crippen LogP contribution < -0.4 is 15.6 Å². The van der Waals surface area contributed by atoms with Crippen LogP contribution in [0.5, 0.6) is 5.75 Å². The number of benzene rings is 2. The molecule has 3 aromatic rings. The first kappa shape index (κ1) is 28.4. The molecule has 0 saturated carbocycles. The summed E-state index contributed by atoms with van der Waals surface area (Å²) in [6.07, 6.45) is 0.137. The van der Waals surface area contributed by atoms with E-state index in [9.17, 15) is 14.4 Å². The largest absolute Gasteiger partial charge is 0.511 e. The smallest absolute Gasteiger partial charge is 0.451 e. The summed E-state index contributed by atoms with van der Waals surface area (Å²) >= 11 is 8.27. The van der Waals surface area contributed by atoms with Crippen molar-refractivity contribution in [2.75, 3.05) is 45.7 Å².